The van der Waals surface area contributed by atoms with Crippen LogP contribution in [-0.2, 0) is 4.79 Å². The summed E-state index contributed by atoms with van der Waals surface area (Å²) in [5.41, 5.74) is 8.37. The maximum Gasteiger partial charge on any atom is 0.222 e. The SMILES string of the molecule is O=C(CCCN1CCC(=C2c3ccccc3C=Cc3ccccc32)CC1)N1CCCCC1. The van der Waals surface area contributed by atoms with Crippen LogP contribution in [0.3, 0.4) is 0 Å². The number of carbonyl (C=O) groups is 1. The van der Waals surface area contributed by atoms with Crippen LogP contribution in [0.15, 0.2) is 54.1 Å². The van der Waals surface area contributed by atoms with E-state index in [1.807, 2.05) is 0 Å². The Balaban J connectivity index is 1.26. The van der Waals surface area contributed by atoms with E-state index in [-0.39, 0.29) is 0 Å². The molecule has 2 fully saturated rings. The molecule has 2 aromatic rings. The monoisotopic (exact) mass is 426 g/mol. The van der Waals surface area contributed by atoms with Crippen LogP contribution in [0.2, 0.25) is 0 Å². The molecule has 166 valence electrons. The summed E-state index contributed by atoms with van der Waals surface area (Å²) in [6, 6.07) is 17.6. The largest absolute Gasteiger partial charge is 0.343 e. The van der Waals surface area contributed by atoms with Gasteiger partial charge in [-0.15, -0.1) is 0 Å². The highest BCUT2D eigenvalue weighted by atomic mass is 16.2. The van der Waals surface area contributed by atoms with Gasteiger partial charge in [0, 0.05) is 32.6 Å². The van der Waals surface area contributed by atoms with Gasteiger partial charge in [0.2, 0.25) is 5.91 Å². The van der Waals surface area contributed by atoms with Gasteiger partial charge in [-0.05, 0) is 72.9 Å². The third-order valence-corrected chi connectivity index (χ3v) is 7.29. The van der Waals surface area contributed by atoms with Gasteiger partial charge < -0.3 is 9.80 Å². The first kappa shape index (κ1) is 21.2. The standard InChI is InChI=1S/C29H34N2O/c32-28(31-19-6-1-7-20-31)13-8-18-30-21-16-25(17-22-30)29-26-11-4-2-9-23(26)14-15-24-10-3-5-12-27(24)29/h2-5,9-12,14-15H,1,6-8,13,16-22H2. The molecule has 0 radical (unpaired) electrons. The first-order valence-corrected chi connectivity index (χ1v) is 12.4. The molecule has 32 heavy (non-hydrogen) atoms. The Morgan fingerprint density at radius 3 is 1.97 bits per heavy atom. The Bertz CT molecular complexity index is 967. The molecular weight excluding hydrogens is 392 g/mol. The quantitative estimate of drug-likeness (QED) is 0.522. The fourth-order valence-corrected chi connectivity index (χ4v) is 5.50. The zero-order chi connectivity index (χ0) is 21.8. The summed E-state index contributed by atoms with van der Waals surface area (Å²) in [7, 11) is 0. The molecule has 0 atom stereocenters. The van der Waals surface area contributed by atoms with Gasteiger partial charge in [0.25, 0.3) is 0 Å². The van der Waals surface area contributed by atoms with Crippen molar-refractivity contribution in [2.24, 2.45) is 0 Å². The summed E-state index contributed by atoms with van der Waals surface area (Å²) in [6.45, 7) is 5.16. The predicted octanol–water partition coefficient (Wildman–Crippen LogP) is 5.86. The van der Waals surface area contributed by atoms with Gasteiger partial charge in [-0.1, -0.05) is 66.3 Å². The van der Waals surface area contributed by atoms with Gasteiger partial charge in [0.1, 0.15) is 0 Å². The molecule has 1 aliphatic carbocycles. The lowest BCUT2D eigenvalue weighted by molar-refractivity contribution is -0.132. The molecule has 0 bridgehead atoms. The van der Waals surface area contributed by atoms with Crippen molar-refractivity contribution in [2.75, 3.05) is 32.7 Å². The molecule has 2 saturated heterocycles. The van der Waals surface area contributed by atoms with Crippen LogP contribution in [0.4, 0.5) is 0 Å². The van der Waals surface area contributed by atoms with Crippen molar-refractivity contribution < 1.29 is 4.79 Å². The van der Waals surface area contributed by atoms with E-state index in [2.05, 4.69) is 70.5 Å². The minimum Gasteiger partial charge on any atom is -0.343 e. The number of benzene rings is 2. The molecule has 0 N–H and O–H groups in total. The normalized spacial score (nSPS) is 18.8. The van der Waals surface area contributed by atoms with E-state index in [1.165, 1.54) is 47.1 Å². The summed E-state index contributed by atoms with van der Waals surface area (Å²) >= 11 is 0. The Morgan fingerprint density at radius 1 is 0.750 bits per heavy atom. The smallest absolute Gasteiger partial charge is 0.222 e. The zero-order valence-corrected chi connectivity index (χ0v) is 19.1. The molecule has 2 aromatic carbocycles. The van der Waals surface area contributed by atoms with Gasteiger partial charge in [-0.25, -0.2) is 0 Å². The minimum atomic E-state index is 0.365. The average molecular weight is 427 g/mol. The molecule has 2 aliphatic heterocycles. The number of hydrogen-bond donors (Lipinski definition) is 0. The summed E-state index contributed by atoms with van der Waals surface area (Å²) in [4.78, 5) is 17.1. The molecule has 0 spiro atoms. The van der Waals surface area contributed by atoms with Gasteiger partial charge in [0.05, 0.1) is 0 Å². The van der Waals surface area contributed by atoms with E-state index in [4.69, 9.17) is 0 Å². The van der Waals surface area contributed by atoms with Crippen LogP contribution < -0.4 is 0 Å². The molecule has 0 aromatic heterocycles. The third kappa shape index (κ3) is 4.59. The van der Waals surface area contributed by atoms with Crippen LogP contribution in [-0.4, -0.2) is 48.4 Å². The lowest BCUT2D eigenvalue weighted by Gasteiger charge is -2.31. The zero-order valence-electron chi connectivity index (χ0n) is 19.1. The maximum atomic E-state index is 12.5. The predicted molar refractivity (Wildman–Crippen MR) is 133 cm³/mol. The lowest BCUT2D eigenvalue weighted by Crippen LogP contribution is -2.36. The number of amides is 1. The molecule has 1 amide bonds. The van der Waals surface area contributed by atoms with Gasteiger partial charge in [-0.2, -0.15) is 0 Å². The van der Waals surface area contributed by atoms with Gasteiger partial charge >= 0.3 is 0 Å². The maximum absolute atomic E-state index is 12.5. The van der Waals surface area contributed by atoms with E-state index >= 15 is 0 Å². The van der Waals surface area contributed by atoms with Crippen LogP contribution in [0, 0.1) is 0 Å². The van der Waals surface area contributed by atoms with E-state index in [0.717, 1.165) is 52.0 Å². The number of carbonyl (C=O) groups excluding carboxylic acids is 1. The molecule has 3 aliphatic rings. The fourth-order valence-electron chi connectivity index (χ4n) is 5.50. The van der Waals surface area contributed by atoms with Crippen LogP contribution in [0.5, 0.6) is 0 Å². The molecular formula is C29H34N2O. The van der Waals surface area contributed by atoms with Crippen molar-refractivity contribution in [3.8, 4) is 0 Å². The van der Waals surface area contributed by atoms with E-state index < -0.39 is 0 Å². The molecule has 0 unspecified atom stereocenters. The molecule has 3 nitrogen and oxygen atoms in total. The first-order valence-electron chi connectivity index (χ1n) is 12.4. The Hall–Kier alpha value is -2.65. The Morgan fingerprint density at radius 2 is 1.34 bits per heavy atom. The number of rotatable bonds is 4. The second-order valence-electron chi connectivity index (χ2n) is 9.37. The fraction of sp³-hybridized carbons (Fsp3) is 0.414. The van der Waals surface area contributed by atoms with E-state index in [1.54, 1.807) is 5.57 Å². The summed E-state index contributed by atoms with van der Waals surface area (Å²) in [5.74, 6) is 0.365. The van der Waals surface area contributed by atoms with Gasteiger partial charge in [0.15, 0.2) is 0 Å². The lowest BCUT2D eigenvalue weighted by atomic mass is 9.86. The van der Waals surface area contributed by atoms with Crippen molar-refractivity contribution in [1.29, 1.82) is 0 Å². The van der Waals surface area contributed by atoms with E-state index in [0.29, 0.717) is 12.3 Å². The summed E-state index contributed by atoms with van der Waals surface area (Å²) in [6.07, 6.45) is 12.1. The van der Waals surface area contributed by atoms with Crippen molar-refractivity contribution in [3.05, 3.63) is 76.4 Å². The number of likely N-dealkylation sites (tertiary alicyclic amines) is 2. The number of hydrogen-bond acceptors (Lipinski definition) is 2. The average Bonchev–Trinajstić information content (AvgIpc) is 3.02. The second-order valence-corrected chi connectivity index (χ2v) is 9.37. The van der Waals surface area contributed by atoms with Crippen LogP contribution >= 0.6 is 0 Å². The highest BCUT2D eigenvalue weighted by Gasteiger charge is 2.23. The number of fused-ring (bicyclic) bond motifs is 2. The Labute approximate surface area is 192 Å². The molecule has 3 heteroatoms. The topological polar surface area (TPSA) is 23.6 Å². The third-order valence-electron chi connectivity index (χ3n) is 7.29. The minimum absolute atomic E-state index is 0.365. The van der Waals surface area contributed by atoms with Crippen LogP contribution in [0.1, 0.15) is 67.2 Å². The number of piperidine rings is 2. The van der Waals surface area contributed by atoms with Crippen molar-refractivity contribution in [3.63, 3.8) is 0 Å². The van der Waals surface area contributed by atoms with E-state index in [9.17, 15) is 4.79 Å². The van der Waals surface area contributed by atoms with Gasteiger partial charge in [-0.3, -0.25) is 4.79 Å². The molecule has 5 rings (SSSR count). The summed E-state index contributed by atoms with van der Waals surface area (Å²) < 4.78 is 0. The van der Waals surface area contributed by atoms with Crippen molar-refractivity contribution in [1.82, 2.24) is 9.80 Å². The van der Waals surface area contributed by atoms with Crippen molar-refractivity contribution in [2.45, 2.75) is 44.9 Å². The Kier molecular flexibility index (Phi) is 6.54. The highest BCUT2D eigenvalue weighted by Crippen LogP contribution is 2.38. The second kappa shape index (κ2) is 9.87. The van der Waals surface area contributed by atoms with Crippen molar-refractivity contribution >= 4 is 23.6 Å². The molecule has 2 heterocycles. The highest BCUT2D eigenvalue weighted by molar-refractivity contribution is 5.94. The summed E-state index contributed by atoms with van der Waals surface area (Å²) in [5, 5.41) is 0. The molecule has 0 saturated carbocycles. The first-order chi connectivity index (χ1) is 15.8. The number of nitrogens with zero attached hydrogens (tertiary/aromatic N) is 2. The van der Waals surface area contributed by atoms with Crippen LogP contribution in [0.25, 0.3) is 17.7 Å².